The van der Waals surface area contributed by atoms with Crippen LogP contribution in [0.2, 0.25) is 5.02 Å². The highest BCUT2D eigenvalue weighted by Crippen LogP contribution is 2.25. The third kappa shape index (κ3) is 3.94. The smallest absolute Gasteiger partial charge is 0.289 e. The molecule has 0 bridgehead atoms. The SMILES string of the molecule is Cc1ccc(Cl)cc1Nc1cc(N2CCN(C(=O)c3ccco3)CC2)ncn1. The van der Waals surface area contributed by atoms with E-state index in [9.17, 15) is 4.79 Å². The molecule has 8 heteroatoms. The van der Waals surface area contributed by atoms with E-state index in [1.807, 2.05) is 31.2 Å². The van der Waals surface area contributed by atoms with Gasteiger partial charge in [-0.25, -0.2) is 9.97 Å². The molecule has 1 aromatic carbocycles. The van der Waals surface area contributed by atoms with Crippen LogP contribution in [0.4, 0.5) is 17.3 Å². The number of carbonyl (C=O) groups is 1. The molecule has 1 amide bonds. The number of hydrogen-bond acceptors (Lipinski definition) is 6. The van der Waals surface area contributed by atoms with Crippen molar-refractivity contribution in [2.75, 3.05) is 36.4 Å². The van der Waals surface area contributed by atoms with Gasteiger partial charge < -0.3 is 19.5 Å². The molecule has 0 aliphatic carbocycles. The Morgan fingerprint density at radius 1 is 1.14 bits per heavy atom. The number of aromatic nitrogens is 2. The van der Waals surface area contributed by atoms with Gasteiger partial charge in [0.25, 0.3) is 5.91 Å². The van der Waals surface area contributed by atoms with Gasteiger partial charge in [0.15, 0.2) is 5.76 Å². The van der Waals surface area contributed by atoms with E-state index in [1.165, 1.54) is 12.6 Å². The van der Waals surface area contributed by atoms with E-state index >= 15 is 0 Å². The molecule has 1 fully saturated rings. The third-order valence-corrected chi connectivity index (χ3v) is 4.97. The number of nitrogens with one attached hydrogen (secondary N) is 1. The highest BCUT2D eigenvalue weighted by molar-refractivity contribution is 6.30. The Morgan fingerprint density at radius 2 is 1.96 bits per heavy atom. The Kier molecular flexibility index (Phi) is 5.16. The number of carbonyl (C=O) groups excluding carboxylic acids is 1. The van der Waals surface area contributed by atoms with Crippen molar-refractivity contribution < 1.29 is 9.21 Å². The maximum atomic E-state index is 12.4. The quantitative estimate of drug-likeness (QED) is 0.722. The lowest BCUT2D eigenvalue weighted by atomic mass is 10.2. The van der Waals surface area contributed by atoms with E-state index < -0.39 is 0 Å². The molecule has 1 aliphatic heterocycles. The summed E-state index contributed by atoms with van der Waals surface area (Å²) in [6, 6.07) is 11.0. The van der Waals surface area contributed by atoms with Gasteiger partial charge in [-0.15, -0.1) is 0 Å². The maximum Gasteiger partial charge on any atom is 0.289 e. The van der Waals surface area contributed by atoms with Gasteiger partial charge in [-0.1, -0.05) is 17.7 Å². The number of halogens is 1. The highest BCUT2D eigenvalue weighted by atomic mass is 35.5. The molecule has 4 rings (SSSR count). The van der Waals surface area contributed by atoms with E-state index in [0.717, 1.165) is 17.1 Å². The first-order valence-electron chi connectivity index (χ1n) is 9.03. The Bertz CT molecular complexity index is 968. The largest absolute Gasteiger partial charge is 0.459 e. The van der Waals surface area contributed by atoms with Crippen LogP contribution in [0.5, 0.6) is 0 Å². The Labute approximate surface area is 167 Å². The predicted molar refractivity (Wildman–Crippen MR) is 108 cm³/mol. The van der Waals surface area contributed by atoms with Crippen LogP contribution >= 0.6 is 11.6 Å². The van der Waals surface area contributed by atoms with Crippen LogP contribution in [-0.2, 0) is 0 Å². The second-order valence-electron chi connectivity index (χ2n) is 6.60. The van der Waals surface area contributed by atoms with Crippen molar-refractivity contribution >= 4 is 34.8 Å². The summed E-state index contributed by atoms with van der Waals surface area (Å²) < 4.78 is 5.21. The molecule has 3 heterocycles. The van der Waals surface area contributed by atoms with Gasteiger partial charge in [-0.05, 0) is 36.8 Å². The van der Waals surface area contributed by atoms with Crippen LogP contribution in [-0.4, -0.2) is 47.0 Å². The summed E-state index contributed by atoms with van der Waals surface area (Å²) in [6.07, 6.45) is 3.05. The summed E-state index contributed by atoms with van der Waals surface area (Å²) in [5.74, 6) is 1.82. The molecular formula is C20H20ClN5O2. The van der Waals surface area contributed by atoms with Crippen LogP contribution in [0.1, 0.15) is 16.1 Å². The van der Waals surface area contributed by atoms with Crippen molar-refractivity contribution in [3.8, 4) is 0 Å². The molecule has 7 nitrogen and oxygen atoms in total. The zero-order chi connectivity index (χ0) is 19.5. The minimum absolute atomic E-state index is 0.0777. The van der Waals surface area contributed by atoms with Gasteiger partial charge in [0.05, 0.1) is 6.26 Å². The number of anilines is 3. The summed E-state index contributed by atoms with van der Waals surface area (Å²) in [5.41, 5.74) is 1.99. The molecule has 1 N–H and O–H groups in total. The van der Waals surface area contributed by atoms with Crippen molar-refractivity contribution in [3.63, 3.8) is 0 Å². The molecule has 0 unspecified atom stereocenters. The number of nitrogens with zero attached hydrogens (tertiary/aromatic N) is 4. The van der Waals surface area contributed by atoms with Crippen molar-refractivity contribution in [1.82, 2.24) is 14.9 Å². The number of rotatable bonds is 4. The van der Waals surface area contributed by atoms with Gasteiger partial charge in [-0.3, -0.25) is 4.79 Å². The van der Waals surface area contributed by atoms with Crippen molar-refractivity contribution in [2.24, 2.45) is 0 Å². The second-order valence-corrected chi connectivity index (χ2v) is 7.04. The average molecular weight is 398 g/mol. The van der Waals surface area contributed by atoms with Crippen LogP contribution in [0.15, 0.2) is 53.4 Å². The number of piperazine rings is 1. The van der Waals surface area contributed by atoms with Crippen LogP contribution in [0.25, 0.3) is 0 Å². The summed E-state index contributed by atoms with van der Waals surface area (Å²) in [5, 5.41) is 3.97. The van der Waals surface area contributed by atoms with E-state index in [4.69, 9.17) is 16.0 Å². The molecule has 0 atom stereocenters. The Balaban J connectivity index is 1.42. The minimum Gasteiger partial charge on any atom is -0.459 e. The van der Waals surface area contributed by atoms with Gasteiger partial charge in [0.1, 0.15) is 18.0 Å². The van der Waals surface area contributed by atoms with Crippen molar-refractivity contribution in [3.05, 3.63) is 65.3 Å². The molecule has 3 aromatic rings. The summed E-state index contributed by atoms with van der Waals surface area (Å²) in [6.45, 7) is 4.62. The summed E-state index contributed by atoms with van der Waals surface area (Å²) in [4.78, 5) is 25.0. The Morgan fingerprint density at radius 3 is 2.71 bits per heavy atom. The first-order valence-corrected chi connectivity index (χ1v) is 9.41. The molecule has 1 saturated heterocycles. The fraction of sp³-hybridized carbons (Fsp3) is 0.250. The van der Waals surface area contributed by atoms with Crippen LogP contribution in [0, 0.1) is 6.92 Å². The lowest BCUT2D eigenvalue weighted by Crippen LogP contribution is -2.49. The average Bonchev–Trinajstić information content (AvgIpc) is 3.25. The second kappa shape index (κ2) is 7.90. The molecule has 0 spiro atoms. The lowest BCUT2D eigenvalue weighted by molar-refractivity contribution is 0.0714. The maximum absolute atomic E-state index is 12.4. The van der Waals surface area contributed by atoms with Crippen LogP contribution in [0.3, 0.4) is 0 Å². The van der Waals surface area contributed by atoms with Gasteiger partial charge in [-0.2, -0.15) is 0 Å². The molecule has 1 aliphatic rings. The highest BCUT2D eigenvalue weighted by Gasteiger charge is 2.24. The first-order chi connectivity index (χ1) is 13.6. The fourth-order valence-electron chi connectivity index (χ4n) is 3.15. The zero-order valence-corrected chi connectivity index (χ0v) is 16.2. The number of furan rings is 1. The van der Waals surface area contributed by atoms with E-state index in [2.05, 4.69) is 20.2 Å². The zero-order valence-electron chi connectivity index (χ0n) is 15.4. The van der Waals surface area contributed by atoms with E-state index in [1.54, 1.807) is 17.0 Å². The molecule has 2 aromatic heterocycles. The monoisotopic (exact) mass is 397 g/mol. The number of amides is 1. The lowest BCUT2D eigenvalue weighted by Gasteiger charge is -2.35. The Hall–Kier alpha value is -3.06. The fourth-order valence-corrected chi connectivity index (χ4v) is 3.32. The number of hydrogen-bond donors (Lipinski definition) is 1. The van der Waals surface area contributed by atoms with Crippen LogP contribution < -0.4 is 10.2 Å². The standard InChI is InChI=1S/C20H20ClN5O2/c1-14-4-5-15(21)11-16(14)24-18-12-19(23-13-22-18)25-6-8-26(9-7-25)20(27)17-3-2-10-28-17/h2-5,10-13H,6-9H2,1H3,(H,22,23,24). The summed E-state index contributed by atoms with van der Waals surface area (Å²) in [7, 11) is 0. The van der Waals surface area contributed by atoms with Gasteiger partial charge in [0.2, 0.25) is 0 Å². The topological polar surface area (TPSA) is 74.5 Å². The summed E-state index contributed by atoms with van der Waals surface area (Å²) >= 11 is 6.09. The van der Waals surface area contributed by atoms with Crippen molar-refractivity contribution in [2.45, 2.75) is 6.92 Å². The van der Waals surface area contributed by atoms with Gasteiger partial charge >= 0.3 is 0 Å². The normalized spacial score (nSPS) is 14.2. The minimum atomic E-state index is -0.0777. The molecule has 0 saturated carbocycles. The number of aryl methyl sites for hydroxylation is 1. The first kappa shape index (κ1) is 18.3. The predicted octanol–water partition coefficient (Wildman–Crippen LogP) is 3.74. The van der Waals surface area contributed by atoms with E-state index in [-0.39, 0.29) is 5.91 Å². The van der Waals surface area contributed by atoms with Gasteiger partial charge in [0, 0.05) is 43.0 Å². The molecule has 28 heavy (non-hydrogen) atoms. The molecular weight excluding hydrogens is 378 g/mol. The third-order valence-electron chi connectivity index (χ3n) is 4.74. The van der Waals surface area contributed by atoms with Crippen molar-refractivity contribution in [1.29, 1.82) is 0 Å². The molecule has 144 valence electrons. The molecule has 0 radical (unpaired) electrons. The van der Waals surface area contributed by atoms with E-state index in [0.29, 0.717) is 42.8 Å². The number of benzene rings is 1.